The standard InChI is InChI=1S/C14H20Cl2N2O2/c1-3-14(4-2,9-17)18-13(19)8-20-10-5-6-11(15)12(16)7-10/h5-7H,3-4,8-9,17H2,1-2H3,(H,18,19). The number of nitrogens with two attached hydrogens (primary N) is 1. The van der Waals surface area contributed by atoms with Crippen LogP contribution in [0.2, 0.25) is 10.0 Å². The average molecular weight is 319 g/mol. The van der Waals surface area contributed by atoms with Crippen LogP contribution in [0.15, 0.2) is 18.2 Å². The van der Waals surface area contributed by atoms with Gasteiger partial charge in [-0.15, -0.1) is 0 Å². The number of rotatable bonds is 7. The molecule has 0 aliphatic rings. The van der Waals surface area contributed by atoms with E-state index in [2.05, 4.69) is 5.32 Å². The minimum Gasteiger partial charge on any atom is -0.484 e. The van der Waals surface area contributed by atoms with Crippen molar-refractivity contribution in [1.29, 1.82) is 0 Å². The summed E-state index contributed by atoms with van der Waals surface area (Å²) in [6.07, 6.45) is 1.55. The van der Waals surface area contributed by atoms with Gasteiger partial charge in [0.2, 0.25) is 0 Å². The van der Waals surface area contributed by atoms with Crippen molar-refractivity contribution in [3.05, 3.63) is 28.2 Å². The van der Waals surface area contributed by atoms with Gasteiger partial charge in [0, 0.05) is 12.6 Å². The summed E-state index contributed by atoms with van der Waals surface area (Å²) in [4.78, 5) is 11.9. The van der Waals surface area contributed by atoms with Gasteiger partial charge in [-0.25, -0.2) is 0 Å². The molecule has 1 aromatic rings. The summed E-state index contributed by atoms with van der Waals surface area (Å²) in [7, 11) is 0. The number of halogens is 2. The van der Waals surface area contributed by atoms with E-state index >= 15 is 0 Å². The molecule has 0 fully saturated rings. The maximum atomic E-state index is 11.9. The van der Waals surface area contributed by atoms with Gasteiger partial charge in [0.05, 0.1) is 15.6 Å². The van der Waals surface area contributed by atoms with Gasteiger partial charge in [-0.1, -0.05) is 37.0 Å². The van der Waals surface area contributed by atoms with Crippen LogP contribution in [0.4, 0.5) is 0 Å². The summed E-state index contributed by atoms with van der Waals surface area (Å²) >= 11 is 11.7. The second-order valence-electron chi connectivity index (χ2n) is 4.60. The number of hydrogen-bond donors (Lipinski definition) is 2. The highest BCUT2D eigenvalue weighted by molar-refractivity contribution is 6.42. The minimum atomic E-state index is -0.363. The normalized spacial score (nSPS) is 11.2. The first-order valence-electron chi connectivity index (χ1n) is 6.55. The molecule has 0 aromatic heterocycles. The SMILES string of the molecule is CCC(CC)(CN)NC(=O)COc1ccc(Cl)c(Cl)c1. The molecule has 0 heterocycles. The Labute approximate surface area is 129 Å². The van der Waals surface area contributed by atoms with E-state index in [9.17, 15) is 4.79 Å². The van der Waals surface area contributed by atoms with Gasteiger partial charge in [-0.2, -0.15) is 0 Å². The molecule has 0 saturated carbocycles. The fraction of sp³-hybridized carbons (Fsp3) is 0.500. The molecule has 0 saturated heterocycles. The fourth-order valence-corrected chi connectivity index (χ4v) is 2.10. The first kappa shape index (κ1) is 17.1. The van der Waals surface area contributed by atoms with Crippen LogP contribution in [0.5, 0.6) is 5.75 Å². The number of hydrogen-bond acceptors (Lipinski definition) is 3. The fourth-order valence-electron chi connectivity index (χ4n) is 1.81. The molecule has 1 rings (SSSR count). The predicted octanol–water partition coefficient (Wildman–Crippen LogP) is 3.01. The van der Waals surface area contributed by atoms with E-state index in [1.54, 1.807) is 18.2 Å². The van der Waals surface area contributed by atoms with Gasteiger partial charge >= 0.3 is 0 Å². The van der Waals surface area contributed by atoms with Crippen LogP contribution in [0.25, 0.3) is 0 Å². The monoisotopic (exact) mass is 318 g/mol. The second kappa shape index (κ2) is 7.72. The zero-order valence-corrected chi connectivity index (χ0v) is 13.2. The first-order chi connectivity index (χ1) is 9.46. The summed E-state index contributed by atoms with van der Waals surface area (Å²) in [5, 5.41) is 3.77. The zero-order chi connectivity index (χ0) is 15.2. The Morgan fingerprint density at radius 3 is 2.45 bits per heavy atom. The third-order valence-electron chi connectivity index (χ3n) is 3.41. The summed E-state index contributed by atoms with van der Waals surface area (Å²) in [6, 6.07) is 4.86. The Balaban J connectivity index is 2.56. The molecule has 0 aliphatic carbocycles. The van der Waals surface area contributed by atoms with Gasteiger partial charge < -0.3 is 15.8 Å². The summed E-state index contributed by atoms with van der Waals surface area (Å²) in [5.41, 5.74) is 5.37. The molecular formula is C14H20Cl2N2O2. The number of amides is 1. The van der Waals surface area contributed by atoms with Crippen molar-refractivity contribution in [3.8, 4) is 5.75 Å². The van der Waals surface area contributed by atoms with E-state index in [1.807, 2.05) is 13.8 Å². The van der Waals surface area contributed by atoms with Crippen LogP contribution in [0.1, 0.15) is 26.7 Å². The smallest absolute Gasteiger partial charge is 0.258 e. The van der Waals surface area contributed by atoms with E-state index in [1.165, 1.54) is 0 Å². The number of nitrogens with one attached hydrogen (secondary N) is 1. The highest BCUT2D eigenvalue weighted by atomic mass is 35.5. The van der Waals surface area contributed by atoms with Crippen LogP contribution in [-0.4, -0.2) is 24.6 Å². The van der Waals surface area contributed by atoms with E-state index in [4.69, 9.17) is 33.7 Å². The van der Waals surface area contributed by atoms with Crippen molar-refractivity contribution in [2.75, 3.05) is 13.2 Å². The largest absolute Gasteiger partial charge is 0.484 e. The van der Waals surface area contributed by atoms with Crippen LogP contribution < -0.4 is 15.8 Å². The van der Waals surface area contributed by atoms with E-state index in [0.717, 1.165) is 12.8 Å². The van der Waals surface area contributed by atoms with Crippen LogP contribution >= 0.6 is 23.2 Å². The molecule has 4 nitrogen and oxygen atoms in total. The highest BCUT2D eigenvalue weighted by Crippen LogP contribution is 2.26. The van der Waals surface area contributed by atoms with Crippen LogP contribution in [0.3, 0.4) is 0 Å². The van der Waals surface area contributed by atoms with Gasteiger partial charge in [-0.05, 0) is 25.0 Å². The van der Waals surface area contributed by atoms with Crippen molar-refractivity contribution in [1.82, 2.24) is 5.32 Å². The van der Waals surface area contributed by atoms with Crippen molar-refractivity contribution in [2.24, 2.45) is 5.73 Å². The van der Waals surface area contributed by atoms with Gasteiger partial charge in [0.1, 0.15) is 5.75 Å². The molecule has 0 bridgehead atoms. The van der Waals surface area contributed by atoms with E-state index in [0.29, 0.717) is 22.3 Å². The lowest BCUT2D eigenvalue weighted by Crippen LogP contribution is -2.54. The average Bonchev–Trinajstić information content (AvgIpc) is 2.46. The highest BCUT2D eigenvalue weighted by Gasteiger charge is 2.26. The second-order valence-corrected chi connectivity index (χ2v) is 5.42. The molecule has 0 spiro atoms. The van der Waals surface area contributed by atoms with Crippen molar-refractivity contribution in [2.45, 2.75) is 32.2 Å². The minimum absolute atomic E-state index is 0.0836. The summed E-state index contributed by atoms with van der Waals surface area (Å²) < 4.78 is 5.39. The van der Waals surface area contributed by atoms with E-state index in [-0.39, 0.29) is 18.1 Å². The van der Waals surface area contributed by atoms with Crippen molar-refractivity contribution >= 4 is 29.1 Å². The molecule has 6 heteroatoms. The molecule has 0 aliphatic heterocycles. The van der Waals surface area contributed by atoms with E-state index < -0.39 is 0 Å². The molecule has 1 aromatic carbocycles. The third-order valence-corrected chi connectivity index (χ3v) is 4.15. The lowest BCUT2D eigenvalue weighted by Gasteiger charge is -2.31. The number of ether oxygens (including phenoxy) is 1. The molecule has 0 unspecified atom stereocenters. The van der Waals surface area contributed by atoms with Gasteiger partial charge in [0.25, 0.3) is 5.91 Å². The number of carbonyl (C=O) groups is 1. The Morgan fingerprint density at radius 2 is 1.95 bits per heavy atom. The maximum absolute atomic E-state index is 11.9. The number of benzene rings is 1. The lowest BCUT2D eigenvalue weighted by molar-refractivity contribution is -0.125. The van der Waals surface area contributed by atoms with Crippen molar-refractivity contribution in [3.63, 3.8) is 0 Å². The summed E-state index contributed by atoms with van der Waals surface area (Å²) in [5.74, 6) is 0.297. The maximum Gasteiger partial charge on any atom is 0.258 e. The molecule has 0 radical (unpaired) electrons. The Kier molecular flexibility index (Phi) is 6.59. The molecule has 112 valence electrons. The topological polar surface area (TPSA) is 64.3 Å². The number of carbonyl (C=O) groups excluding carboxylic acids is 1. The van der Waals surface area contributed by atoms with Crippen LogP contribution in [0, 0.1) is 0 Å². The van der Waals surface area contributed by atoms with Gasteiger partial charge in [-0.3, -0.25) is 4.79 Å². The first-order valence-corrected chi connectivity index (χ1v) is 7.31. The zero-order valence-electron chi connectivity index (χ0n) is 11.7. The molecule has 1 amide bonds. The van der Waals surface area contributed by atoms with Crippen molar-refractivity contribution < 1.29 is 9.53 Å². The molecular weight excluding hydrogens is 299 g/mol. The van der Waals surface area contributed by atoms with Gasteiger partial charge in [0.15, 0.2) is 6.61 Å². The molecule has 20 heavy (non-hydrogen) atoms. The quantitative estimate of drug-likeness (QED) is 0.812. The Hall–Kier alpha value is -0.970. The Morgan fingerprint density at radius 1 is 1.30 bits per heavy atom. The molecule has 3 N–H and O–H groups in total. The molecule has 0 atom stereocenters. The lowest BCUT2D eigenvalue weighted by atomic mass is 9.93. The third kappa shape index (κ3) is 4.54. The van der Waals surface area contributed by atoms with Crippen LogP contribution in [-0.2, 0) is 4.79 Å². The predicted molar refractivity (Wildman–Crippen MR) is 82.5 cm³/mol. The summed E-state index contributed by atoms with van der Waals surface area (Å²) in [6.45, 7) is 4.31. The Bertz CT molecular complexity index is 454.